The van der Waals surface area contributed by atoms with Crippen LogP contribution in [-0.4, -0.2) is 34.1 Å². The molecule has 1 N–H and O–H groups in total. The van der Waals surface area contributed by atoms with E-state index in [4.69, 9.17) is 0 Å². The highest BCUT2D eigenvalue weighted by atomic mass is 19.1. The average Bonchev–Trinajstić information content (AvgIpc) is 3.19. The van der Waals surface area contributed by atoms with Crippen molar-refractivity contribution in [2.24, 2.45) is 0 Å². The molecule has 1 atom stereocenters. The molecule has 0 radical (unpaired) electrons. The van der Waals surface area contributed by atoms with Gasteiger partial charge in [0.1, 0.15) is 5.82 Å². The molecular weight excluding hydrogens is 305 g/mol. The van der Waals surface area contributed by atoms with Gasteiger partial charge in [0.2, 0.25) is 5.91 Å². The van der Waals surface area contributed by atoms with Gasteiger partial charge in [-0.05, 0) is 49.3 Å². The number of amides is 1. The van der Waals surface area contributed by atoms with Gasteiger partial charge >= 0.3 is 0 Å². The summed E-state index contributed by atoms with van der Waals surface area (Å²) in [6.45, 7) is 1.57. The van der Waals surface area contributed by atoms with Crippen LogP contribution in [0.15, 0.2) is 30.5 Å². The van der Waals surface area contributed by atoms with E-state index in [0.717, 1.165) is 38.8 Å². The summed E-state index contributed by atoms with van der Waals surface area (Å²) in [5, 5.41) is 7.34. The minimum atomic E-state index is -0.224. The maximum atomic E-state index is 13.7. The largest absolute Gasteiger partial charge is 0.342 e. The first-order valence-corrected chi connectivity index (χ1v) is 8.72. The molecule has 1 saturated heterocycles. The number of carbonyl (C=O) groups excluding carboxylic acids is 1. The summed E-state index contributed by atoms with van der Waals surface area (Å²) in [6, 6.07) is 6.70. The van der Waals surface area contributed by atoms with E-state index in [9.17, 15) is 9.18 Å². The molecule has 1 fully saturated rings. The lowest BCUT2D eigenvalue weighted by molar-refractivity contribution is -0.133. The minimum absolute atomic E-state index is 0.0533. The van der Waals surface area contributed by atoms with E-state index in [1.165, 1.54) is 17.3 Å². The number of aryl methyl sites for hydroxylation is 2. The van der Waals surface area contributed by atoms with Crippen LogP contribution in [-0.2, 0) is 23.1 Å². The fourth-order valence-corrected chi connectivity index (χ4v) is 4.31. The van der Waals surface area contributed by atoms with Crippen molar-refractivity contribution in [2.45, 2.75) is 43.9 Å². The van der Waals surface area contributed by atoms with Crippen LogP contribution in [0.25, 0.3) is 0 Å². The summed E-state index contributed by atoms with van der Waals surface area (Å²) in [6.07, 6.45) is 7.01. The zero-order valence-electron chi connectivity index (χ0n) is 13.7. The van der Waals surface area contributed by atoms with Crippen LogP contribution in [0.2, 0.25) is 0 Å². The third-order valence-corrected chi connectivity index (χ3v) is 5.62. The van der Waals surface area contributed by atoms with Gasteiger partial charge in [0, 0.05) is 30.6 Å². The Balaban J connectivity index is 1.43. The molecule has 0 bridgehead atoms. The summed E-state index contributed by atoms with van der Waals surface area (Å²) < 4.78 is 13.7. The number of piperidine rings is 1. The van der Waals surface area contributed by atoms with Gasteiger partial charge in [-0.3, -0.25) is 9.89 Å². The second kappa shape index (κ2) is 6.04. The topological polar surface area (TPSA) is 49.0 Å². The minimum Gasteiger partial charge on any atom is -0.342 e. The lowest BCUT2D eigenvalue weighted by atomic mass is 9.77. The molecule has 24 heavy (non-hydrogen) atoms. The van der Waals surface area contributed by atoms with Gasteiger partial charge in [0.25, 0.3) is 0 Å². The highest BCUT2D eigenvalue weighted by molar-refractivity contribution is 5.76. The number of halogens is 1. The second-order valence-electron chi connectivity index (χ2n) is 7.06. The number of aromatic nitrogens is 2. The third kappa shape index (κ3) is 2.62. The standard InChI is InChI=1S/C19H22FN3O/c20-16-5-2-1-4-14(16)6-7-17(24)23-11-3-9-19(13-23)10-8-15-12-21-22-18(15)19/h1-2,4-5,12H,3,6-11,13H2,(H,21,22). The summed E-state index contributed by atoms with van der Waals surface area (Å²) in [5.74, 6) is -0.0939. The molecule has 1 amide bonds. The Morgan fingerprint density at radius 3 is 3.08 bits per heavy atom. The summed E-state index contributed by atoms with van der Waals surface area (Å²) >= 11 is 0. The average molecular weight is 327 g/mol. The predicted molar refractivity (Wildman–Crippen MR) is 89.1 cm³/mol. The van der Waals surface area contributed by atoms with Crippen molar-refractivity contribution in [2.75, 3.05) is 13.1 Å². The first-order valence-electron chi connectivity index (χ1n) is 8.72. The van der Waals surface area contributed by atoms with Crippen LogP contribution in [0.4, 0.5) is 4.39 Å². The normalized spacial score (nSPS) is 22.8. The van der Waals surface area contributed by atoms with Crippen molar-refractivity contribution < 1.29 is 9.18 Å². The van der Waals surface area contributed by atoms with E-state index in [0.29, 0.717) is 18.4 Å². The van der Waals surface area contributed by atoms with Crippen molar-refractivity contribution in [3.05, 3.63) is 53.1 Å². The highest BCUT2D eigenvalue weighted by Gasteiger charge is 2.44. The molecule has 1 aromatic carbocycles. The number of hydrogen-bond acceptors (Lipinski definition) is 2. The van der Waals surface area contributed by atoms with E-state index < -0.39 is 0 Å². The lowest BCUT2D eigenvalue weighted by Gasteiger charge is -2.40. The lowest BCUT2D eigenvalue weighted by Crippen LogP contribution is -2.47. The number of rotatable bonds is 3. The molecular formula is C19H22FN3O. The molecule has 2 aromatic rings. The molecule has 1 aliphatic heterocycles. The SMILES string of the molecule is O=C(CCc1ccccc1F)N1CCCC2(CCc3cn[nH]c32)C1. The molecule has 4 nitrogen and oxygen atoms in total. The number of aromatic amines is 1. The van der Waals surface area contributed by atoms with Crippen LogP contribution >= 0.6 is 0 Å². The Hall–Kier alpha value is -2.17. The zero-order valence-corrected chi connectivity index (χ0v) is 13.7. The molecule has 1 aliphatic carbocycles. The number of likely N-dealkylation sites (tertiary alicyclic amines) is 1. The van der Waals surface area contributed by atoms with E-state index in [1.54, 1.807) is 12.1 Å². The molecule has 0 saturated carbocycles. The van der Waals surface area contributed by atoms with Crippen molar-refractivity contribution in [3.8, 4) is 0 Å². The Morgan fingerprint density at radius 2 is 2.21 bits per heavy atom. The van der Waals surface area contributed by atoms with Crippen LogP contribution in [0, 0.1) is 5.82 Å². The van der Waals surface area contributed by atoms with Crippen molar-refractivity contribution >= 4 is 5.91 Å². The second-order valence-corrected chi connectivity index (χ2v) is 7.06. The maximum absolute atomic E-state index is 13.7. The van der Waals surface area contributed by atoms with Crippen LogP contribution in [0.1, 0.15) is 42.5 Å². The summed E-state index contributed by atoms with van der Waals surface area (Å²) in [5.41, 5.74) is 3.21. The van der Waals surface area contributed by atoms with E-state index in [2.05, 4.69) is 10.2 Å². The number of nitrogens with zero attached hydrogens (tertiary/aromatic N) is 2. The molecule has 126 valence electrons. The van der Waals surface area contributed by atoms with Crippen molar-refractivity contribution in [1.82, 2.24) is 15.1 Å². The number of hydrogen-bond donors (Lipinski definition) is 1. The Bertz CT molecular complexity index is 757. The van der Waals surface area contributed by atoms with Crippen LogP contribution in [0.5, 0.6) is 0 Å². The van der Waals surface area contributed by atoms with Gasteiger partial charge in [0.15, 0.2) is 0 Å². The van der Waals surface area contributed by atoms with Gasteiger partial charge in [-0.15, -0.1) is 0 Å². The van der Waals surface area contributed by atoms with Gasteiger partial charge in [-0.2, -0.15) is 5.10 Å². The van der Waals surface area contributed by atoms with Gasteiger partial charge in [-0.25, -0.2) is 4.39 Å². The Morgan fingerprint density at radius 1 is 1.33 bits per heavy atom. The fraction of sp³-hybridized carbons (Fsp3) is 0.474. The number of H-pyrrole nitrogens is 1. The number of nitrogens with one attached hydrogen (secondary N) is 1. The Labute approximate surface area is 141 Å². The van der Waals surface area contributed by atoms with Crippen LogP contribution < -0.4 is 0 Å². The molecule has 1 aromatic heterocycles. The molecule has 2 heterocycles. The quantitative estimate of drug-likeness (QED) is 0.942. The van der Waals surface area contributed by atoms with Gasteiger partial charge in [0.05, 0.1) is 6.20 Å². The summed E-state index contributed by atoms with van der Waals surface area (Å²) in [7, 11) is 0. The van der Waals surface area contributed by atoms with Crippen molar-refractivity contribution in [3.63, 3.8) is 0 Å². The van der Waals surface area contributed by atoms with E-state index in [1.807, 2.05) is 17.2 Å². The third-order valence-electron chi connectivity index (χ3n) is 5.62. The van der Waals surface area contributed by atoms with E-state index >= 15 is 0 Å². The highest BCUT2D eigenvalue weighted by Crippen LogP contribution is 2.43. The smallest absolute Gasteiger partial charge is 0.222 e. The monoisotopic (exact) mass is 327 g/mol. The number of fused-ring (bicyclic) bond motifs is 2. The van der Waals surface area contributed by atoms with Gasteiger partial charge < -0.3 is 4.90 Å². The molecule has 1 spiro atoms. The number of carbonyl (C=O) groups is 1. The zero-order chi connectivity index (χ0) is 16.6. The molecule has 4 rings (SSSR count). The number of benzene rings is 1. The fourth-order valence-electron chi connectivity index (χ4n) is 4.31. The predicted octanol–water partition coefficient (Wildman–Crippen LogP) is 2.99. The van der Waals surface area contributed by atoms with Crippen LogP contribution in [0.3, 0.4) is 0 Å². The first-order chi connectivity index (χ1) is 11.7. The first kappa shape index (κ1) is 15.4. The maximum Gasteiger partial charge on any atom is 0.222 e. The Kier molecular flexibility index (Phi) is 3.87. The van der Waals surface area contributed by atoms with Gasteiger partial charge in [-0.1, -0.05) is 18.2 Å². The van der Waals surface area contributed by atoms with E-state index in [-0.39, 0.29) is 17.1 Å². The molecule has 1 unspecified atom stereocenters. The molecule has 2 aliphatic rings. The summed E-state index contributed by atoms with van der Waals surface area (Å²) in [4.78, 5) is 14.6. The van der Waals surface area contributed by atoms with Crippen molar-refractivity contribution in [1.29, 1.82) is 0 Å². The molecule has 5 heteroatoms.